The molecular formula is C36H22N4. The first kappa shape index (κ1) is 21.5. The fourth-order valence-corrected chi connectivity index (χ4v) is 6.45. The highest BCUT2D eigenvalue weighted by Crippen LogP contribution is 2.43. The lowest BCUT2D eigenvalue weighted by atomic mass is 10.0. The van der Waals surface area contributed by atoms with E-state index >= 15 is 0 Å². The van der Waals surface area contributed by atoms with Crippen molar-refractivity contribution >= 4 is 65.3 Å². The maximum Gasteiger partial charge on any atom is 0.235 e. The van der Waals surface area contributed by atoms with Crippen LogP contribution in [0.3, 0.4) is 0 Å². The van der Waals surface area contributed by atoms with Crippen molar-refractivity contribution in [2.24, 2.45) is 0 Å². The molecule has 0 aliphatic heterocycles. The van der Waals surface area contributed by atoms with Gasteiger partial charge in [-0.25, -0.2) is 9.97 Å². The predicted molar refractivity (Wildman–Crippen MR) is 166 cm³/mol. The number of fused-ring (bicyclic) bond motifs is 10. The third-order valence-electron chi connectivity index (χ3n) is 8.14. The number of benzene rings is 6. The van der Waals surface area contributed by atoms with Crippen molar-refractivity contribution in [3.05, 3.63) is 134 Å². The van der Waals surface area contributed by atoms with Crippen molar-refractivity contribution in [2.45, 2.75) is 0 Å². The molecule has 0 saturated carbocycles. The zero-order chi connectivity index (χ0) is 26.2. The minimum Gasteiger partial charge on any atom is -0.309 e. The van der Waals surface area contributed by atoms with Gasteiger partial charge in [0.2, 0.25) is 5.95 Å². The van der Waals surface area contributed by atoms with Crippen LogP contribution in [0.15, 0.2) is 134 Å². The highest BCUT2D eigenvalue weighted by atomic mass is 15.2. The van der Waals surface area contributed by atoms with Gasteiger partial charge in [-0.05, 0) is 47.2 Å². The normalized spacial score (nSPS) is 12.0. The van der Waals surface area contributed by atoms with Gasteiger partial charge in [0.25, 0.3) is 0 Å². The summed E-state index contributed by atoms with van der Waals surface area (Å²) in [4.78, 5) is 9.99. The molecule has 0 spiro atoms. The van der Waals surface area contributed by atoms with Gasteiger partial charge in [0.05, 0.1) is 27.6 Å². The van der Waals surface area contributed by atoms with Crippen LogP contribution in [0.5, 0.6) is 0 Å². The molecule has 6 aromatic carbocycles. The van der Waals surface area contributed by atoms with E-state index in [-0.39, 0.29) is 0 Å². The number of nitrogens with zero attached hydrogens (tertiary/aromatic N) is 4. The van der Waals surface area contributed by atoms with Crippen molar-refractivity contribution in [1.82, 2.24) is 19.1 Å². The van der Waals surface area contributed by atoms with Crippen molar-refractivity contribution in [1.29, 1.82) is 0 Å². The van der Waals surface area contributed by atoms with Gasteiger partial charge < -0.3 is 4.57 Å². The lowest BCUT2D eigenvalue weighted by Gasteiger charge is -2.09. The Balaban J connectivity index is 1.56. The summed E-state index contributed by atoms with van der Waals surface area (Å²) in [6, 6.07) is 45.1. The van der Waals surface area contributed by atoms with Gasteiger partial charge in [-0.15, -0.1) is 0 Å². The Labute approximate surface area is 229 Å². The van der Waals surface area contributed by atoms with Gasteiger partial charge in [0, 0.05) is 38.8 Å². The molecule has 0 N–H and O–H groups in total. The summed E-state index contributed by atoms with van der Waals surface area (Å²) in [5, 5.41) is 8.33. The highest BCUT2D eigenvalue weighted by Gasteiger charge is 2.22. The zero-order valence-corrected chi connectivity index (χ0v) is 21.5. The summed E-state index contributed by atoms with van der Waals surface area (Å²) in [7, 11) is 0. The third-order valence-corrected chi connectivity index (χ3v) is 8.14. The van der Waals surface area contributed by atoms with E-state index in [0.29, 0.717) is 5.95 Å². The summed E-state index contributed by atoms with van der Waals surface area (Å²) < 4.78 is 4.65. The standard InChI is InChI=1S/C36H22N4/c1-2-12-25(13-3-1)39-31-20-18-23-10-4-6-14-26(23)33(31)34-32(39)21-19-28-27-15-7-9-17-30(27)40(35(28)34)36-37-22-24-11-5-8-16-29(24)38-36/h1-22H. The van der Waals surface area contributed by atoms with Crippen LogP contribution >= 0.6 is 0 Å². The monoisotopic (exact) mass is 510 g/mol. The van der Waals surface area contributed by atoms with Gasteiger partial charge in [-0.2, -0.15) is 0 Å². The van der Waals surface area contributed by atoms with E-state index in [9.17, 15) is 0 Å². The average molecular weight is 511 g/mol. The Morgan fingerprint density at radius 1 is 0.450 bits per heavy atom. The molecule has 9 aromatic rings. The van der Waals surface area contributed by atoms with E-state index in [1.807, 2.05) is 18.3 Å². The average Bonchev–Trinajstić information content (AvgIpc) is 3.54. The van der Waals surface area contributed by atoms with Crippen molar-refractivity contribution in [3.63, 3.8) is 0 Å². The summed E-state index contributed by atoms with van der Waals surface area (Å²) in [5.74, 6) is 0.679. The minimum absolute atomic E-state index is 0.679. The molecule has 0 fully saturated rings. The number of aromatic nitrogens is 4. The molecule has 3 heterocycles. The van der Waals surface area contributed by atoms with E-state index in [1.54, 1.807) is 0 Å². The second kappa shape index (κ2) is 8.01. The van der Waals surface area contributed by atoms with E-state index in [4.69, 9.17) is 9.97 Å². The molecular weight excluding hydrogens is 488 g/mol. The van der Waals surface area contributed by atoms with E-state index in [0.717, 1.165) is 33.1 Å². The van der Waals surface area contributed by atoms with Crippen molar-refractivity contribution < 1.29 is 0 Å². The van der Waals surface area contributed by atoms with Crippen molar-refractivity contribution in [2.75, 3.05) is 0 Å². The Bertz CT molecular complexity index is 2430. The van der Waals surface area contributed by atoms with E-state index in [1.165, 1.54) is 37.8 Å². The lowest BCUT2D eigenvalue weighted by molar-refractivity contribution is 1.01. The second-order valence-corrected chi connectivity index (χ2v) is 10.3. The molecule has 0 aliphatic rings. The van der Waals surface area contributed by atoms with Crippen LogP contribution in [0.2, 0.25) is 0 Å². The molecule has 0 bridgehead atoms. The molecule has 9 rings (SSSR count). The molecule has 186 valence electrons. The number of para-hydroxylation sites is 3. The second-order valence-electron chi connectivity index (χ2n) is 10.3. The van der Waals surface area contributed by atoms with Gasteiger partial charge in [-0.3, -0.25) is 4.57 Å². The predicted octanol–water partition coefficient (Wildman–Crippen LogP) is 8.98. The van der Waals surface area contributed by atoms with Gasteiger partial charge >= 0.3 is 0 Å². The maximum absolute atomic E-state index is 5.08. The first-order valence-electron chi connectivity index (χ1n) is 13.5. The number of hydrogen-bond acceptors (Lipinski definition) is 2. The largest absolute Gasteiger partial charge is 0.309 e. The highest BCUT2D eigenvalue weighted by molar-refractivity contribution is 6.31. The van der Waals surface area contributed by atoms with Crippen LogP contribution in [0, 0.1) is 0 Å². The van der Waals surface area contributed by atoms with Gasteiger partial charge in [0.1, 0.15) is 0 Å². The Kier molecular flexibility index (Phi) is 4.30. The molecule has 0 aliphatic carbocycles. The topological polar surface area (TPSA) is 35.6 Å². The molecule has 3 aromatic heterocycles. The van der Waals surface area contributed by atoms with E-state index < -0.39 is 0 Å². The Hall–Kier alpha value is -5.48. The summed E-state index contributed by atoms with van der Waals surface area (Å²) >= 11 is 0. The smallest absolute Gasteiger partial charge is 0.235 e. The van der Waals surface area contributed by atoms with Crippen LogP contribution in [-0.2, 0) is 0 Å². The van der Waals surface area contributed by atoms with Gasteiger partial charge in [0.15, 0.2) is 0 Å². The first-order chi connectivity index (χ1) is 19.9. The maximum atomic E-state index is 5.08. The van der Waals surface area contributed by atoms with Crippen molar-refractivity contribution in [3.8, 4) is 11.6 Å². The Morgan fingerprint density at radius 3 is 2.05 bits per heavy atom. The molecule has 4 nitrogen and oxygen atoms in total. The van der Waals surface area contributed by atoms with Crippen LogP contribution < -0.4 is 0 Å². The molecule has 40 heavy (non-hydrogen) atoms. The van der Waals surface area contributed by atoms with Crippen LogP contribution in [0.1, 0.15) is 0 Å². The van der Waals surface area contributed by atoms with Crippen LogP contribution in [0.25, 0.3) is 76.9 Å². The van der Waals surface area contributed by atoms with Crippen LogP contribution in [0.4, 0.5) is 0 Å². The molecule has 0 atom stereocenters. The fourth-order valence-electron chi connectivity index (χ4n) is 6.45. The quantitative estimate of drug-likeness (QED) is 0.233. The lowest BCUT2D eigenvalue weighted by Crippen LogP contribution is -2.01. The SMILES string of the molecule is c1ccc(-n2c3ccc4ccccc4c3c3c2ccc2c4ccccc4n(-c4ncc5ccccc5n4)c23)cc1. The van der Waals surface area contributed by atoms with Gasteiger partial charge in [-0.1, -0.05) is 91.0 Å². The summed E-state index contributed by atoms with van der Waals surface area (Å²) in [6.45, 7) is 0. The third kappa shape index (κ3) is 2.85. The summed E-state index contributed by atoms with van der Waals surface area (Å²) in [5.41, 5.74) is 6.65. The van der Waals surface area contributed by atoms with E-state index in [2.05, 4.69) is 124 Å². The number of hydrogen-bond donors (Lipinski definition) is 0. The molecule has 0 radical (unpaired) electrons. The number of rotatable bonds is 2. The molecule has 0 unspecified atom stereocenters. The molecule has 0 saturated heterocycles. The van der Waals surface area contributed by atoms with Crippen LogP contribution in [-0.4, -0.2) is 19.1 Å². The minimum atomic E-state index is 0.679. The first-order valence-corrected chi connectivity index (χ1v) is 13.5. The molecule has 4 heteroatoms. The Morgan fingerprint density at radius 2 is 1.15 bits per heavy atom. The molecule has 0 amide bonds. The summed E-state index contributed by atoms with van der Waals surface area (Å²) in [6.07, 6.45) is 1.93. The zero-order valence-electron chi connectivity index (χ0n) is 21.5. The fraction of sp³-hybridized carbons (Fsp3) is 0.